The minimum atomic E-state index is -1.19. The van der Waals surface area contributed by atoms with Crippen molar-refractivity contribution in [2.24, 2.45) is 0 Å². The maximum absolute atomic E-state index is 2.59. The first-order valence-electron chi connectivity index (χ1n) is 9.79. The van der Waals surface area contributed by atoms with Crippen LogP contribution in [-0.2, 0) is 25.2 Å². The molecule has 0 radical (unpaired) electrons. The van der Waals surface area contributed by atoms with Gasteiger partial charge in [-0.05, 0) is 0 Å². The van der Waals surface area contributed by atoms with Gasteiger partial charge in [0, 0.05) is 0 Å². The summed E-state index contributed by atoms with van der Waals surface area (Å²) in [5.41, 5.74) is 7.77. The molecule has 142 valence electrons. The van der Waals surface area contributed by atoms with Crippen molar-refractivity contribution in [2.75, 3.05) is 0 Å². The molecule has 0 bridgehead atoms. The van der Waals surface area contributed by atoms with Crippen LogP contribution in [0.25, 0.3) is 12.2 Å². The number of halogens is 2. The molecule has 1 saturated heterocycles. The van der Waals surface area contributed by atoms with E-state index in [0.717, 1.165) is 8.45 Å². The van der Waals surface area contributed by atoms with Crippen molar-refractivity contribution in [2.45, 2.75) is 14.5 Å². The Bertz CT molecular complexity index is 1040. The van der Waals surface area contributed by atoms with Crippen LogP contribution in [0.15, 0.2) is 89.3 Å². The minimum absolute atomic E-state index is 0. The monoisotopic (exact) mass is 466 g/mol. The summed E-state index contributed by atoms with van der Waals surface area (Å²) >= 11 is -0.121. The number of hydrogen-bond acceptors (Lipinski definition) is 0. The van der Waals surface area contributed by atoms with Crippen LogP contribution in [0.3, 0.4) is 0 Å². The summed E-state index contributed by atoms with van der Waals surface area (Å²) in [6.45, 7) is 0. The molecule has 2 aliphatic carbocycles. The standard InChI is InChI=1S/C25H20Si.2ClH.Ti/c1-2-8-19(9-3-1)18-26(24-14-20-10-4-5-11-21(20)15-24)25-16-22-12-6-7-13-23(22)17-25;;;/h1-17,26H,18H2;2*1H;/q;;;+2/p-2. The molecular weight excluding hydrogens is 447 g/mol. The van der Waals surface area contributed by atoms with E-state index in [4.69, 9.17) is 0 Å². The molecule has 1 heterocycles. The van der Waals surface area contributed by atoms with Gasteiger partial charge in [0.25, 0.3) is 0 Å². The first-order valence-corrected chi connectivity index (χ1v) is 13.6. The molecule has 1 aliphatic heterocycles. The van der Waals surface area contributed by atoms with Crippen molar-refractivity contribution in [3.05, 3.63) is 117 Å². The summed E-state index contributed by atoms with van der Waals surface area (Å²) in [6.07, 6.45) is 5.17. The molecule has 0 saturated carbocycles. The quantitative estimate of drug-likeness (QED) is 0.445. The Balaban J connectivity index is 0.00000102. The van der Waals surface area contributed by atoms with Crippen LogP contribution >= 0.6 is 0 Å². The fourth-order valence-electron chi connectivity index (χ4n) is 5.12. The van der Waals surface area contributed by atoms with Gasteiger partial charge in [0.05, 0.1) is 0 Å². The van der Waals surface area contributed by atoms with Crippen LogP contribution in [0.4, 0.5) is 0 Å². The molecule has 0 aromatic heterocycles. The summed E-state index contributed by atoms with van der Waals surface area (Å²) in [5, 5.41) is 3.66. The van der Waals surface area contributed by atoms with Crippen molar-refractivity contribution in [1.29, 1.82) is 0 Å². The summed E-state index contributed by atoms with van der Waals surface area (Å²) in [6, 6.07) is 30.8. The molecule has 0 amide bonds. The molecule has 2 unspecified atom stereocenters. The topological polar surface area (TPSA) is 0 Å². The van der Waals surface area contributed by atoms with E-state index in [-0.39, 0.29) is 44.0 Å². The van der Waals surface area contributed by atoms with Gasteiger partial charge in [-0.25, -0.2) is 0 Å². The van der Waals surface area contributed by atoms with Gasteiger partial charge in [0.15, 0.2) is 0 Å². The van der Waals surface area contributed by atoms with Crippen molar-refractivity contribution in [1.82, 2.24) is 0 Å². The number of benzene rings is 3. The van der Waals surface area contributed by atoms with Gasteiger partial charge in [0.1, 0.15) is 0 Å². The zero-order valence-electron chi connectivity index (χ0n) is 15.9. The molecule has 0 spiro atoms. The van der Waals surface area contributed by atoms with E-state index < -0.39 is 8.80 Å². The summed E-state index contributed by atoms with van der Waals surface area (Å²) in [4.78, 5) is 0. The number of hydrogen-bond donors (Lipinski definition) is 0. The summed E-state index contributed by atoms with van der Waals surface area (Å²) in [5.74, 6) is 0. The number of allylic oxidation sites excluding steroid dienone is 2. The van der Waals surface area contributed by atoms with E-state index in [0.29, 0.717) is 0 Å². The largest absolute Gasteiger partial charge is 1.00 e. The predicted octanol–water partition coefficient (Wildman–Crippen LogP) is -0.545. The molecule has 0 nitrogen and oxygen atoms in total. The van der Waals surface area contributed by atoms with Crippen molar-refractivity contribution >= 4 is 20.9 Å². The SMILES string of the molecule is C1=C2[CH]([Ti+2][CH]3C(=Cc4ccccc43)[SiH]2Cc2ccccc2)c2ccccc21.[Cl-].[Cl-]. The van der Waals surface area contributed by atoms with Gasteiger partial charge < -0.3 is 24.8 Å². The summed E-state index contributed by atoms with van der Waals surface area (Å²) in [7, 11) is -1.19. The van der Waals surface area contributed by atoms with Crippen LogP contribution in [0.2, 0.25) is 0 Å². The second-order valence-electron chi connectivity index (χ2n) is 7.82. The van der Waals surface area contributed by atoms with Gasteiger partial charge in [0.2, 0.25) is 0 Å². The molecule has 3 aliphatic rings. The second-order valence-corrected chi connectivity index (χ2v) is 13.0. The number of rotatable bonds is 2. The van der Waals surface area contributed by atoms with Gasteiger partial charge in [-0.3, -0.25) is 0 Å². The molecule has 3 aromatic carbocycles. The Kier molecular flexibility index (Phi) is 6.07. The fraction of sp³-hybridized carbons (Fsp3) is 0.120. The van der Waals surface area contributed by atoms with Gasteiger partial charge >= 0.3 is 172 Å². The smallest absolute Gasteiger partial charge is 1.00 e. The Morgan fingerprint density at radius 1 is 0.621 bits per heavy atom. The van der Waals surface area contributed by atoms with Crippen LogP contribution in [0, 0.1) is 0 Å². The van der Waals surface area contributed by atoms with E-state index in [1.807, 2.05) is 10.4 Å². The van der Waals surface area contributed by atoms with Crippen LogP contribution in [-0.4, -0.2) is 8.80 Å². The molecule has 4 heteroatoms. The van der Waals surface area contributed by atoms with E-state index in [2.05, 4.69) is 91.0 Å². The molecule has 29 heavy (non-hydrogen) atoms. The molecule has 6 rings (SSSR count). The Morgan fingerprint density at radius 3 is 1.66 bits per heavy atom. The molecule has 3 aromatic rings. The average molecular weight is 467 g/mol. The van der Waals surface area contributed by atoms with Gasteiger partial charge in [-0.1, -0.05) is 0 Å². The Hall–Kier alpha value is -1.35. The van der Waals surface area contributed by atoms with Crippen molar-refractivity contribution < 1.29 is 44.0 Å². The average Bonchev–Trinajstić information content (AvgIpc) is 3.27. The molecule has 0 N–H and O–H groups in total. The fourth-order valence-corrected chi connectivity index (χ4v) is 14.1. The van der Waals surface area contributed by atoms with Gasteiger partial charge in [-0.15, -0.1) is 0 Å². The maximum Gasteiger partial charge on any atom is -1.00 e. The maximum atomic E-state index is 2.59. The molecule has 2 atom stereocenters. The second kappa shape index (κ2) is 8.41. The third-order valence-electron chi connectivity index (χ3n) is 6.35. The zero-order valence-corrected chi connectivity index (χ0v) is 20.1. The van der Waals surface area contributed by atoms with E-state index in [1.54, 1.807) is 11.1 Å². The van der Waals surface area contributed by atoms with E-state index in [1.165, 1.54) is 22.7 Å². The van der Waals surface area contributed by atoms with Crippen LogP contribution in [0.5, 0.6) is 0 Å². The normalized spacial score (nSPS) is 22.1. The Labute approximate surface area is 195 Å². The zero-order chi connectivity index (χ0) is 17.8. The summed E-state index contributed by atoms with van der Waals surface area (Å²) < 4.78 is 1.52. The Morgan fingerprint density at radius 2 is 1.10 bits per heavy atom. The predicted molar refractivity (Wildman–Crippen MR) is 112 cm³/mol. The first kappa shape index (κ1) is 20.9. The third kappa shape index (κ3) is 3.44. The van der Waals surface area contributed by atoms with Crippen molar-refractivity contribution in [3.8, 4) is 0 Å². The van der Waals surface area contributed by atoms with Crippen molar-refractivity contribution in [3.63, 3.8) is 0 Å². The van der Waals surface area contributed by atoms with E-state index >= 15 is 0 Å². The number of fused-ring (bicyclic) bond motifs is 6. The first-order chi connectivity index (χ1) is 13.4. The van der Waals surface area contributed by atoms with Gasteiger partial charge in [-0.2, -0.15) is 0 Å². The minimum Gasteiger partial charge on any atom is -1.00 e. The van der Waals surface area contributed by atoms with E-state index in [9.17, 15) is 0 Å². The van der Waals surface area contributed by atoms with Crippen LogP contribution < -0.4 is 24.8 Å². The van der Waals surface area contributed by atoms with Crippen LogP contribution in [0.1, 0.15) is 36.3 Å². The third-order valence-corrected chi connectivity index (χ3v) is 13.9. The molecule has 1 fully saturated rings. The molecular formula is C25H20Cl2SiTi.